The summed E-state index contributed by atoms with van der Waals surface area (Å²) in [5.41, 5.74) is 2.94. The average Bonchev–Trinajstić information content (AvgIpc) is 2.92. The van der Waals surface area contributed by atoms with E-state index < -0.39 is 11.9 Å². The van der Waals surface area contributed by atoms with Gasteiger partial charge in [0.05, 0.1) is 19.8 Å². The van der Waals surface area contributed by atoms with Gasteiger partial charge in [-0.15, -0.1) is 0 Å². The average molecular weight is 527 g/mol. The van der Waals surface area contributed by atoms with Crippen molar-refractivity contribution in [3.8, 4) is 5.75 Å². The number of carbonyl (C=O) groups is 3. The van der Waals surface area contributed by atoms with Crippen molar-refractivity contribution in [2.45, 2.75) is 45.3 Å². The molecule has 2 N–H and O–H groups in total. The van der Waals surface area contributed by atoms with Crippen LogP contribution in [-0.4, -0.2) is 73.5 Å². The van der Waals surface area contributed by atoms with Gasteiger partial charge in [0.1, 0.15) is 17.6 Å². The van der Waals surface area contributed by atoms with Crippen molar-refractivity contribution in [2.24, 2.45) is 0 Å². The van der Waals surface area contributed by atoms with Crippen molar-refractivity contribution in [1.29, 1.82) is 0 Å². The molecule has 2 fully saturated rings. The van der Waals surface area contributed by atoms with Gasteiger partial charge in [0, 0.05) is 50.4 Å². The molecule has 0 radical (unpaired) electrons. The highest BCUT2D eigenvalue weighted by molar-refractivity contribution is 6.00. The van der Waals surface area contributed by atoms with Gasteiger partial charge in [-0.05, 0) is 55.2 Å². The lowest BCUT2D eigenvalue weighted by molar-refractivity contribution is -0.141. The molecule has 2 saturated heterocycles. The van der Waals surface area contributed by atoms with Gasteiger partial charge in [0.2, 0.25) is 18.2 Å². The molecular weight excluding hydrogens is 491 g/mol. The number of rotatable bonds is 12. The molecule has 2 heterocycles. The highest BCUT2D eigenvalue weighted by Crippen LogP contribution is 2.25. The number of halogens is 1. The van der Waals surface area contributed by atoms with E-state index in [1.165, 1.54) is 11.0 Å². The number of carbonyl (C=O) groups excluding carboxylic acids is 3. The summed E-state index contributed by atoms with van der Waals surface area (Å²) < 4.78 is 25.9. The molecule has 2 aliphatic rings. The molecule has 4 rings (SSSR count). The Bertz CT molecular complexity index is 1140. The maximum atomic E-state index is 14.6. The summed E-state index contributed by atoms with van der Waals surface area (Å²) in [5, 5.41) is 5.59. The van der Waals surface area contributed by atoms with Gasteiger partial charge in [-0.2, -0.15) is 0 Å². The van der Waals surface area contributed by atoms with Gasteiger partial charge >= 0.3 is 0 Å². The smallest absolute Gasteiger partial charge is 0.249 e. The third-order valence-electron chi connectivity index (χ3n) is 6.97. The maximum absolute atomic E-state index is 14.6. The summed E-state index contributed by atoms with van der Waals surface area (Å²) in [6.07, 6.45) is 1.97. The number of piperidine rings is 1. The van der Waals surface area contributed by atoms with Crippen LogP contribution in [0.1, 0.15) is 36.0 Å². The summed E-state index contributed by atoms with van der Waals surface area (Å²) in [5.74, 6) is -0.536. The first-order chi connectivity index (χ1) is 18.4. The second kappa shape index (κ2) is 13.3. The van der Waals surface area contributed by atoms with E-state index in [1.54, 1.807) is 12.1 Å². The molecule has 0 bridgehead atoms. The SMILES string of the molecule is Cc1cccc(NCc2cc(OCCCN3CCOCC3)ccc2F)c1CN(C=O)C1CCC(=O)NC1=O. The largest absolute Gasteiger partial charge is 0.494 e. The second-order valence-corrected chi connectivity index (χ2v) is 9.61. The Balaban J connectivity index is 1.37. The first kappa shape index (κ1) is 27.5. The molecule has 0 saturated carbocycles. The Morgan fingerprint density at radius 1 is 1.24 bits per heavy atom. The third-order valence-corrected chi connectivity index (χ3v) is 6.97. The molecule has 204 valence electrons. The molecule has 0 spiro atoms. The predicted molar refractivity (Wildman–Crippen MR) is 140 cm³/mol. The first-order valence-corrected chi connectivity index (χ1v) is 13.0. The fourth-order valence-electron chi connectivity index (χ4n) is 4.75. The number of benzene rings is 2. The van der Waals surface area contributed by atoms with E-state index >= 15 is 0 Å². The molecule has 2 aliphatic heterocycles. The van der Waals surface area contributed by atoms with Crippen molar-refractivity contribution in [3.05, 3.63) is 58.9 Å². The van der Waals surface area contributed by atoms with E-state index in [1.807, 2.05) is 25.1 Å². The summed E-state index contributed by atoms with van der Waals surface area (Å²) >= 11 is 0. The van der Waals surface area contributed by atoms with Crippen LogP contribution in [0.2, 0.25) is 0 Å². The van der Waals surface area contributed by atoms with Crippen LogP contribution >= 0.6 is 0 Å². The number of aryl methyl sites for hydroxylation is 1. The minimum Gasteiger partial charge on any atom is -0.494 e. The van der Waals surface area contributed by atoms with Crippen LogP contribution in [0.5, 0.6) is 5.75 Å². The highest BCUT2D eigenvalue weighted by atomic mass is 19.1. The number of nitrogens with one attached hydrogen (secondary N) is 2. The van der Waals surface area contributed by atoms with Crippen LogP contribution in [0.4, 0.5) is 10.1 Å². The lowest BCUT2D eigenvalue weighted by atomic mass is 10.0. The number of anilines is 1. The summed E-state index contributed by atoms with van der Waals surface area (Å²) in [6.45, 7) is 7.19. The van der Waals surface area contributed by atoms with Gasteiger partial charge < -0.3 is 19.7 Å². The van der Waals surface area contributed by atoms with Crippen molar-refractivity contribution in [3.63, 3.8) is 0 Å². The van der Waals surface area contributed by atoms with E-state index in [4.69, 9.17) is 9.47 Å². The molecule has 2 aromatic rings. The second-order valence-electron chi connectivity index (χ2n) is 9.61. The lowest BCUT2D eigenvalue weighted by Crippen LogP contribution is -2.51. The summed E-state index contributed by atoms with van der Waals surface area (Å²) in [4.78, 5) is 39.5. The number of imide groups is 1. The Kier molecular flexibility index (Phi) is 9.67. The first-order valence-electron chi connectivity index (χ1n) is 13.0. The predicted octanol–water partition coefficient (Wildman–Crippen LogP) is 2.61. The minimum absolute atomic E-state index is 0.180. The quantitative estimate of drug-likeness (QED) is 0.249. The zero-order chi connectivity index (χ0) is 26.9. The molecule has 0 aromatic heterocycles. The number of hydrogen-bond acceptors (Lipinski definition) is 7. The zero-order valence-corrected chi connectivity index (χ0v) is 21.7. The van der Waals surface area contributed by atoms with Crippen molar-refractivity contribution in [1.82, 2.24) is 15.1 Å². The number of amides is 3. The molecule has 1 atom stereocenters. The van der Waals surface area contributed by atoms with Crippen LogP contribution < -0.4 is 15.4 Å². The minimum atomic E-state index is -0.716. The molecule has 10 heteroatoms. The molecule has 3 amide bonds. The molecule has 2 aromatic carbocycles. The number of morpholine rings is 1. The Morgan fingerprint density at radius 3 is 2.82 bits per heavy atom. The molecule has 1 unspecified atom stereocenters. The number of ether oxygens (including phenoxy) is 2. The van der Waals surface area contributed by atoms with Crippen LogP contribution in [0.15, 0.2) is 36.4 Å². The van der Waals surface area contributed by atoms with Gasteiger partial charge in [-0.3, -0.25) is 24.6 Å². The van der Waals surface area contributed by atoms with E-state index in [2.05, 4.69) is 15.5 Å². The topological polar surface area (TPSA) is 100 Å². The fourth-order valence-corrected chi connectivity index (χ4v) is 4.75. The maximum Gasteiger partial charge on any atom is 0.249 e. The van der Waals surface area contributed by atoms with E-state index in [-0.39, 0.29) is 37.7 Å². The Morgan fingerprint density at radius 2 is 2.05 bits per heavy atom. The lowest BCUT2D eigenvalue weighted by Gasteiger charge is -2.31. The van der Waals surface area contributed by atoms with Crippen LogP contribution in [0, 0.1) is 12.7 Å². The fraction of sp³-hybridized carbons (Fsp3) is 0.464. The van der Waals surface area contributed by atoms with Gasteiger partial charge in [-0.25, -0.2) is 4.39 Å². The highest BCUT2D eigenvalue weighted by Gasteiger charge is 2.31. The normalized spacial score (nSPS) is 18.1. The summed E-state index contributed by atoms with van der Waals surface area (Å²) in [6, 6.07) is 9.68. The van der Waals surface area contributed by atoms with E-state index in [9.17, 15) is 18.8 Å². The van der Waals surface area contributed by atoms with E-state index in [0.29, 0.717) is 24.3 Å². The van der Waals surface area contributed by atoms with Crippen molar-refractivity contribution >= 4 is 23.9 Å². The zero-order valence-electron chi connectivity index (χ0n) is 21.7. The third kappa shape index (κ3) is 7.29. The van der Waals surface area contributed by atoms with Gasteiger partial charge in [0.15, 0.2) is 0 Å². The molecule has 38 heavy (non-hydrogen) atoms. The van der Waals surface area contributed by atoms with E-state index in [0.717, 1.165) is 56.1 Å². The Labute approximate surface area is 222 Å². The molecule has 0 aliphatic carbocycles. The Hall–Kier alpha value is -3.50. The standard InChI is InChI=1S/C28H35FN4O5/c1-20-4-2-5-25(23(20)18-33(19-34)26-8-9-27(35)31-28(26)36)30-17-21-16-22(6-7-24(21)29)38-13-3-10-32-11-14-37-15-12-32/h2,4-7,16,19,26,30H,3,8-15,17-18H2,1H3,(H,31,35,36). The van der Waals surface area contributed by atoms with Crippen LogP contribution in [-0.2, 0) is 32.2 Å². The van der Waals surface area contributed by atoms with Crippen molar-refractivity contribution < 1.29 is 28.2 Å². The van der Waals surface area contributed by atoms with Crippen LogP contribution in [0.25, 0.3) is 0 Å². The monoisotopic (exact) mass is 526 g/mol. The number of nitrogens with zero attached hydrogens (tertiary/aromatic N) is 2. The molecule has 9 nitrogen and oxygen atoms in total. The number of hydrogen-bond donors (Lipinski definition) is 2. The molecular formula is C28H35FN4O5. The van der Waals surface area contributed by atoms with Crippen LogP contribution in [0.3, 0.4) is 0 Å². The van der Waals surface area contributed by atoms with Gasteiger partial charge in [-0.1, -0.05) is 12.1 Å². The van der Waals surface area contributed by atoms with Gasteiger partial charge in [0.25, 0.3) is 0 Å². The van der Waals surface area contributed by atoms with Crippen molar-refractivity contribution in [2.75, 3.05) is 44.8 Å². The summed E-state index contributed by atoms with van der Waals surface area (Å²) in [7, 11) is 0.